The standard InChI is InChI=1S/C19H17N5O3/c1-12-6-3-4-7-13(12)11-27-18(25)14-10-21-19(20-2)24-17(14)22-16(23-24)15-8-5-9-26-15/h3-10H,11H2,1-2H3,(H,20,21). The van der Waals surface area contributed by atoms with Crippen molar-refractivity contribution in [2.45, 2.75) is 13.5 Å². The molecule has 27 heavy (non-hydrogen) atoms. The average Bonchev–Trinajstić information content (AvgIpc) is 3.35. The lowest BCUT2D eigenvalue weighted by Gasteiger charge is -2.08. The first-order valence-corrected chi connectivity index (χ1v) is 8.36. The van der Waals surface area contributed by atoms with Gasteiger partial charge in [-0.05, 0) is 30.2 Å². The molecule has 8 heteroatoms. The Morgan fingerprint density at radius 1 is 1.26 bits per heavy atom. The van der Waals surface area contributed by atoms with Gasteiger partial charge in [0.1, 0.15) is 12.2 Å². The summed E-state index contributed by atoms with van der Waals surface area (Å²) in [5, 5.41) is 7.31. The number of fused-ring (bicyclic) bond motifs is 1. The first-order chi connectivity index (χ1) is 13.2. The maximum absolute atomic E-state index is 12.7. The Bertz CT molecular complexity index is 1100. The molecule has 0 aliphatic rings. The van der Waals surface area contributed by atoms with E-state index in [2.05, 4.69) is 20.4 Å². The summed E-state index contributed by atoms with van der Waals surface area (Å²) in [4.78, 5) is 21.3. The fraction of sp³-hybridized carbons (Fsp3) is 0.158. The van der Waals surface area contributed by atoms with Gasteiger partial charge in [-0.25, -0.2) is 14.8 Å². The highest BCUT2D eigenvalue weighted by Gasteiger charge is 2.20. The monoisotopic (exact) mass is 363 g/mol. The van der Waals surface area contributed by atoms with E-state index in [-0.39, 0.29) is 12.2 Å². The van der Waals surface area contributed by atoms with Gasteiger partial charge >= 0.3 is 5.97 Å². The van der Waals surface area contributed by atoms with Crippen LogP contribution in [0, 0.1) is 6.92 Å². The Morgan fingerprint density at radius 3 is 2.85 bits per heavy atom. The lowest BCUT2D eigenvalue weighted by atomic mass is 10.1. The van der Waals surface area contributed by atoms with Crippen molar-refractivity contribution in [3.63, 3.8) is 0 Å². The number of rotatable bonds is 5. The second-order valence-corrected chi connectivity index (χ2v) is 5.90. The maximum Gasteiger partial charge on any atom is 0.343 e. The molecule has 0 bridgehead atoms. The second-order valence-electron chi connectivity index (χ2n) is 5.90. The normalized spacial score (nSPS) is 10.9. The third kappa shape index (κ3) is 3.12. The van der Waals surface area contributed by atoms with E-state index in [0.717, 1.165) is 11.1 Å². The van der Waals surface area contributed by atoms with Gasteiger partial charge in [0.05, 0.1) is 6.26 Å². The van der Waals surface area contributed by atoms with Gasteiger partial charge in [0, 0.05) is 13.2 Å². The molecule has 0 aliphatic carbocycles. The summed E-state index contributed by atoms with van der Waals surface area (Å²) < 4.78 is 12.3. The Labute approximate surface area is 154 Å². The van der Waals surface area contributed by atoms with E-state index < -0.39 is 5.97 Å². The van der Waals surface area contributed by atoms with E-state index in [1.807, 2.05) is 31.2 Å². The SMILES string of the molecule is CNc1ncc(C(=O)OCc2ccccc2C)c2nc(-c3ccco3)nn12. The number of benzene rings is 1. The van der Waals surface area contributed by atoms with Crippen molar-refractivity contribution in [1.29, 1.82) is 0 Å². The van der Waals surface area contributed by atoms with Gasteiger partial charge in [-0.15, -0.1) is 5.10 Å². The molecule has 3 aromatic heterocycles. The van der Waals surface area contributed by atoms with Crippen LogP contribution in [0.4, 0.5) is 5.95 Å². The van der Waals surface area contributed by atoms with E-state index >= 15 is 0 Å². The number of carbonyl (C=O) groups excluding carboxylic acids is 1. The number of esters is 1. The molecule has 1 aromatic carbocycles. The lowest BCUT2D eigenvalue weighted by Crippen LogP contribution is -2.11. The Balaban J connectivity index is 1.68. The van der Waals surface area contributed by atoms with Gasteiger partial charge in [0.25, 0.3) is 0 Å². The first-order valence-electron chi connectivity index (χ1n) is 8.36. The average molecular weight is 363 g/mol. The van der Waals surface area contributed by atoms with Crippen LogP contribution in [0.5, 0.6) is 0 Å². The molecule has 0 radical (unpaired) electrons. The largest absolute Gasteiger partial charge is 0.461 e. The molecule has 8 nitrogen and oxygen atoms in total. The van der Waals surface area contributed by atoms with Crippen molar-refractivity contribution >= 4 is 17.6 Å². The van der Waals surface area contributed by atoms with Crippen LogP contribution in [0.1, 0.15) is 21.5 Å². The van der Waals surface area contributed by atoms with Gasteiger partial charge in [0.2, 0.25) is 11.8 Å². The summed E-state index contributed by atoms with van der Waals surface area (Å²) in [6.45, 7) is 2.14. The third-order valence-electron chi connectivity index (χ3n) is 4.17. The van der Waals surface area contributed by atoms with E-state index in [1.165, 1.54) is 17.0 Å². The minimum atomic E-state index is -0.517. The predicted molar refractivity (Wildman–Crippen MR) is 98.3 cm³/mol. The van der Waals surface area contributed by atoms with Crippen LogP contribution < -0.4 is 5.32 Å². The van der Waals surface area contributed by atoms with Crippen molar-refractivity contribution in [1.82, 2.24) is 19.6 Å². The molecule has 0 aliphatic heterocycles. The maximum atomic E-state index is 12.7. The molecule has 0 unspecified atom stereocenters. The molecule has 136 valence electrons. The van der Waals surface area contributed by atoms with Crippen LogP contribution in [0.15, 0.2) is 53.3 Å². The van der Waals surface area contributed by atoms with Crippen LogP contribution in [0.25, 0.3) is 17.2 Å². The third-order valence-corrected chi connectivity index (χ3v) is 4.17. The highest BCUT2D eigenvalue weighted by molar-refractivity contribution is 5.96. The lowest BCUT2D eigenvalue weighted by molar-refractivity contribution is 0.0473. The summed E-state index contributed by atoms with van der Waals surface area (Å²) >= 11 is 0. The van der Waals surface area contributed by atoms with Crippen molar-refractivity contribution < 1.29 is 13.9 Å². The Morgan fingerprint density at radius 2 is 2.11 bits per heavy atom. The van der Waals surface area contributed by atoms with Crippen LogP contribution in [0.3, 0.4) is 0 Å². The summed E-state index contributed by atoms with van der Waals surface area (Å²) in [5.41, 5.74) is 2.57. The zero-order valence-corrected chi connectivity index (χ0v) is 14.8. The van der Waals surface area contributed by atoms with Gasteiger partial charge in [0.15, 0.2) is 11.4 Å². The number of hydrogen-bond acceptors (Lipinski definition) is 7. The smallest absolute Gasteiger partial charge is 0.343 e. The number of nitrogens with one attached hydrogen (secondary N) is 1. The van der Waals surface area contributed by atoms with Gasteiger partial charge < -0.3 is 14.5 Å². The van der Waals surface area contributed by atoms with Crippen LogP contribution in [-0.4, -0.2) is 32.6 Å². The van der Waals surface area contributed by atoms with Gasteiger partial charge in [-0.2, -0.15) is 4.52 Å². The fourth-order valence-electron chi connectivity index (χ4n) is 2.69. The molecule has 3 heterocycles. The number of nitrogens with zero attached hydrogens (tertiary/aromatic N) is 4. The molecule has 0 spiro atoms. The number of hydrogen-bond donors (Lipinski definition) is 1. The summed E-state index contributed by atoms with van der Waals surface area (Å²) in [6.07, 6.45) is 2.97. The topological polar surface area (TPSA) is 94.5 Å². The van der Waals surface area contributed by atoms with Crippen LogP contribution >= 0.6 is 0 Å². The molecule has 0 atom stereocenters. The second kappa shape index (κ2) is 6.91. The zero-order valence-electron chi connectivity index (χ0n) is 14.8. The molecular formula is C19H17N5O3. The molecule has 0 saturated carbocycles. The minimum Gasteiger partial charge on any atom is -0.461 e. The number of ether oxygens (including phenoxy) is 1. The molecule has 0 amide bonds. The molecule has 1 N–H and O–H groups in total. The van der Waals surface area contributed by atoms with Crippen molar-refractivity contribution in [3.05, 3.63) is 65.5 Å². The van der Waals surface area contributed by atoms with Crippen molar-refractivity contribution in [2.75, 3.05) is 12.4 Å². The van der Waals surface area contributed by atoms with E-state index in [9.17, 15) is 4.79 Å². The zero-order chi connectivity index (χ0) is 18.8. The Kier molecular flexibility index (Phi) is 4.29. The first kappa shape index (κ1) is 16.8. The quantitative estimate of drug-likeness (QED) is 0.544. The molecule has 0 saturated heterocycles. The highest BCUT2D eigenvalue weighted by Crippen LogP contribution is 2.21. The molecular weight excluding hydrogens is 346 g/mol. The highest BCUT2D eigenvalue weighted by atomic mass is 16.5. The number of aromatic nitrogens is 4. The van der Waals surface area contributed by atoms with Crippen LogP contribution in [0.2, 0.25) is 0 Å². The number of anilines is 1. The van der Waals surface area contributed by atoms with Crippen molar-refractivity contribution in [3.8, 4) is 11.6 Å². The number of carbonyl (C=O) groups is 1. The minimum absolute atomic E-state index is 0.171. The predicted octanol–water partition coefficient (Wildman–Crippen LogP) is 3.09. The van der Waals surface area contributed by atoms with E-state index in [1.54, 1.807) is 19.2 Å². The number of furan rings is 1. The number of aryl methyl sites for hydroxylation is 1. The molecule has 4 aromatic rings. The summed E-state index contributed by atoms with van der Waals surface area (Å²) in [5.74, 6) is 0.792. The van der Waals surface area contributed by atoms with Gasteiger partial charge in [-0.1, -0.05) is 24.3 Å². The van der Waals surface area contributed by atoms with Crippen molar-refractivity contribution in [2.24, 2.45) is 0 Å². The van der Waals surface area contributed by atoms with E-state index in [0.29, 0.717) is 23.2 Å². The summed E-state index contributed by atoms with van der Waals surface area (Å²) in [6, 6.07) is 11.2. The van der Waals surface area contributed by atoms with E-state index in [4.69, 9.17) is 9.15 Å². The molecule has 4 rings (SSSR count). The Hall–Kier alpha value is -3.68. The molecule has 0 fully saturated rings. The fourth-order valence-corrected chi connectivity index (χ4v) is 2.69. The van der Waals surface area contributed by atoms with Crippen LogP contribution in [-0.2, 0) is 11.3 Å². The summed E-state index contributed by atoms with van der Waals surface area (Å²) in [7, 11) is 1.71. The van der Waals surface area contributed by atoms with Gasteiger partial charge in [-0.3, -0.25) is 0 Å².